The summed E-state index contributed by atoms with van der Waals surface area (Å²) in [5, 5.41) is 4.53. The molecular weight excluding hydrogens is 260 g/mol. The molecule has 0 bridgehead atoms. The molecule has 0 atom stereocenters. The summed E-state index contributed by atoms with van der Waals surface area (Å²) in [7, 11) is 0. The van der Waals surface area contributed by atoms with Crippen LogP contribution in [0.2, 0.25) is 0 Å². The molecule has 0 aliphatic rings. The van der Waals surface area contributed by atoms with Crippen molar-refractivity contribution in [3.05, 3.63) is 60.2 Å². The van der Waals surface area contributed by atoms with Crippen LogP contribution in [0.15, 0.2) is 63.4 Å². The predicted molar refractivity (Wildman–Crippen MR) is 85.7 cm³/mol. The molecule has 0 fully saturated rings. The summed E-state index contributed by atoms with van der Waals surface area (Å²) >= 11 is 0. The number of furan rings is 2. The molecule has 3 aromatic carbocycles. The SMILES string of the molecule is Cc1cc2oc3ccccc3c2c2oc3ccccc3c12. The lowest BCUT2D eigenvalue weighted by atomic mass is 10.0. The molecule has 0 N–H and O–H groups in total. The van der Waals surface area contributed by atoms with Gasteiger partial charge in [0.25, 0.3) is 0 Å². The highest BCUT2D eigenvalue weighted by Crippen LogP contribution is 2.40. The molecule has 0 aliphatic carbocycles. The number of rotatable bonds is 0. The second-order valence-corrected chi connectivity index (χ2v) is 5.47. The van der Waals surface area contributed by atoms with Crippen molar-refractivity contribution >= 4 is 43.9 Å². The van der Waals surface area contributed by atoms with E-state index in [0.717, 1.165) is 38.5 Å². The summed E-state index contributed by atoms with van der Waals surface area (Å²) in [6, 6.07) is 18.4. The van der Waals surface area contributed by atoms with Crippen molar-refractivity contribution in [1.82, 2.24) is 0 Å². The van der Waals surface area contributed by atoms with Crippen LogP contribution in [0.5, 0.6) is 0 Å². The second-order valence-electron chi connectivity index (χ2n) is 5.47. The maximum absolute atomic E-state index is 6.15. The fraction of sp³-hybridized carbons (Fsp3) is 0.0526. The predicted octanol–water partition coefficient (Wildman–Crippen LogP) is 5.79. The second kappa shape index (κ2) is 3.67. The molecule has 0 unspecified atom stereocenters. The van der Waals surface area contributed by atoms with Gasteiger partial charge in [0.2, 0.25) is 0 Å². The van der Waals surface area contributed by atoms with Gasteiger partial charge in [0.1, 0.15) is 22.3 Å². The van der Waals surface area contributed by atoms with Crippen molar-refractivity contribution in [3.63, 3.8) is 0 Å². The molecule has 0 saturated carbocycles. The fourth-order valence-corrected chi connectivity index (χ4v) is 3.28. The Kier molecular flexibility index (Phi) is 1.92. The van der Waals surface area contributed by atoms with E-state index in [0.29, 0.717) is 0 Å². The Bertz CT molecular complexity index is 1140. The van der Waals surface area contributed by atoms with E-state index in [2.05, 4.69) is 31.2 Å². The summed E-state index contributed by atoms with van der Waals surface area (Å²) in [6.45, 7) is 2.11. The first kappa shape index (κ1) is 11.0. The molecule has 100 valence electrons. The molecule has 21 heavy (non-hydrogen) atoms. The van der Waals surface area contributed by atoms with E-state index >= 15 is 0 Å². The molecule has 0 radical (unpaired) electrons. The highest BCUT2D eigenvalue weighted by Gasteiger charge is 2.17. The van der Waals surface area contributed by atoms with Gasteiger partial charge in [0.15, 0.2) is 0 Å². The highest BCUT2D eigenvalue weighted by molar-refractivity contribution is 6.22. The number of fused-ring (bicyclic) bond motifs is 7. The van der Waals surface area contributed by atoms with E-state index in [-0.39, 0.29) is 0 Å². The molecule has 2 nitrogen and oxygen atoms in total. The first-order valence-corrected chi connectivity index (χ1v) is 7.05. The van der Waals surface area contributed by atoms with E-state index in [1.54, 1.807) is 0 Å². The summed E-state index contributed by atoms with van der Waals surface area (Å²) in [6.07, 6.45) is 0. The van der Waals surface area contributed by atoms with Gasteiger partial charge in [-0.15, -0.1) is 0 Å². The van der Waals surface area contributed by atoms with Crippen LogP contribution < -0.4 is 0 Å². The van der Waals surface area contributed by atoms with Gasteiger partial charge in [0, 0.05) is 16.2 Å². The number of hydrogen-bond acceptors (Lipinski definition) is 2. The number of aryl methyl sites for hydroxylation is 1. The maximum atomic E-state index is 6.15. The summed E-state index contributed by atoms with van der Waals surface area (Å²) < 4.78 is 12.1. The topological polar surface area (TPSA) is 26.3 Å². The maximum Gasteiger partial charge on any atom is 0.147 e. The van der Waals surface area contributed by atoms with Crippen LogP contribution >= 0.6 is 0 Å². The summed E-state index contributed by atoms with van der Waals surface area (Å²) in [5.74, 6) is 0. The average Bonchev–Trinajstić information content (AvgIpc) is 3.04. The minimum atomic E-state index is 0.889. The molecular formula is C19H12O2. The minimum absolute atomic E-state index is 0.889. The van der Waals surface area contributed by atoms with Crippen molar-refractivity contribution in [1.29, 1.82) is 0 Å². The lowest BCUT2D eigenvalue weighted by Crippen LogP contribution is -1.76. The Balaban J connectivity index is 2.17. The summed E-state index contributed by atoms with van der Waals surface area (Å²) in [4.78, 5) is 0. The minimum Gasteiger partial charge on any atom is -0.456 e. The average molecular weight is 272 g/mol. The smallest absolute Gasteiger partial charge is 0.147 e. The standard InChI is InChI=1S/C19H12O2/c1-11-10-16-18(13-7-3-4-8-14(13)20-16)19-17(11)12-6-2-5-9-15(12)21-19/h2-10H,1H3. The summed E-state index contributed by atoms with van der Waals surface area (Å²) in [5.41, 5.74) is 4.83. The van der Waals surface area contributed by atoms with E-state index < -0.39 is 0 Å². The largest absolute Gasteiger partial charge is 0.456 e. The van der Waals surface area contributed by atoms with Gasteiger partial charge in [-0.2, -0.15) is 0 Å². The number of benzene rings is 3. The van der Waals surface area contributed by atoms with Crippen LogP contribution in [0.4, 0.5) is 0 Å². The van der Waals surface area contributed by atoms with Gasteiger partial charge in [0.05, 0.1) is 5.39 Å². The lowest BCUT2D eigenvalue weighted by molar-refractivity contribution is 0.662. The number of hydrogen-bond donors (Lipinski definition) is 0. The van der Waals surface area contributed by atoms with E-state index in [1.807, 2.05) is 30.3 Å². The van der Waals surface area contributed by atoms with Crippen LogP contribution in [0, 0.1) is 6.92 Å². The van der Waals surface area contributed by atoms with E-state index in [1.165, 1.54) is 10.9 Å². The van der Waals surface area contributed by atoms with Gasteiger partial charge >= 0.3 is 0 Å². The normalized spacial score (nSPS) is 12.0. The molecule has 0 amide bonds. The van der Waals surface area contributed by atoms with Crippen molar-refractivity contribution < 1.29 is 8.83 Å². The van der Waals surface area contributed by atoms with Crippen LogP contribution in [-0.4, -0.2) is 0 Å². The molecule has 5 rings (SSSR count). The van der Waals surface area contributed by atoms with Crippen molar-refractivity contribution in [2.24, 2.45) is 0 Å². The van der Waals surface area contributed by atoms with Crippen LogP contribution in [0.1, 0.15) is 5.56 Å². The first-order chi connectivity index (χ1) is 10.3. The molecule has 0 spiro atoms. The lowest BCUT2D eigenvalue weighted by Gasteiger charge is -1.97. The molecule has 0 saturated heterocycles. The Morgan fingerprint density at radius 2 is 1.29 bits per heavy atom. The zero-order chi connectivity index (χ0) is 14.0. The van der Waals surface area contributed by atoms with E-state index in [4.69, 9.17) is 8.83 Å². The van der Waals surface area contributed by atoms with Gasteiger partial charge in [-0.3, -0.25) is 0 Å². The Morgan fingerprint density at radius 1 is 0.667 bits per heavy atom. The Morgan fingerprint density at radius 3 is 2.05 bits per heavy atom. The van der Waals surface area contributed by atoms with Crippen LogP contribution in [0.25, 0.3) is 43.9 Å². The van der Waals surface area contributed by atoms with E-state index in [9.17, 15) is 0 Å². The fourth-order valence-electron chi connectivity index (χ4n) is 3.28. The number of para-hydroxylation sites is 2. The zero-order valence-electron chi connectivity index (χ0n) is 11.5. The third-order valence-corrected chi connectivity index (χ3v) is 4.19. The third kappa shape index (κ3) is 1.32. The third-order valence-electron chi connectivity index (χ3n) is 4.19. The molecule has 2 heterocycles. The van der Waals surface area contributed by atoms with Crippen LogP contribution in [-0.2, 0) is 0 Å². The van der Waals surface area contributed by atoms with Crippen LogP contribution in [0.3, 0.4) is 0 Å². The monoisotopic (exact) mass is 272 g/mol. The highest BCUT2D eigenvalue weighted by atomic mass is 16.3. The van der Waals surface area contributed by atoms with Crippen molar-refractivity contribution in [3.8, 4) is 0 Å². The molecule has 2 heteroatoms. The Hall–Kier alpha value is -2.74. The van der Waals surface area contributed by atoms with Crippen molar-refractivity contribution in [2.45, 2.75) is 6.92 Å². The van der Waals surface area contributed by atoms with Gasteiger partial charge in [-0.1, -0.05) is 36.4 Å². The van der Waals surface area contributed by atoms with Gasteiger partial charge in [-0.25, -0.2) is 0 Å². The molecule has 2 aromatic heterocycles. The Labute approximate surface area is 120 Å². The molecule has 5 aromatic rings. The van der Waals surface area contributed by atoms with Gasteiger partial charge < -0.3 is 8.83 Å². The zero-order valence-corrected chi connectivity index (χ0v) is 11.5. The first-order valence-electron chi connectivity index (χ1n) is 7.05. The molecule has 0 aliphatic heterocycles. The van der Waals surface area contributed by atoms with Gasteiger partial charge in [-0.05, 0) is 30.7 Å². The quantitative estimate of drug-likeness (QED) is 0.356. The van der Waals surface area contributed by atoms with Crippen molar-refractivity contribution in [2.75, 3.05) is 0 Å².